The smallest absolute Gasteiger partial charge is 0.126 e. The SMILES string of the molecule is Cc1cc(OC2CCCCCC2)c([C@@H](C)N)cc1F. The number of rotatable bonds is 3. The van der Waals surface area contributed by atoms with Crippen molar-refractivity contribution in [3.05, 3.63) is 29.1 Å². The number of nitrogens with two attached hydrogens (primary N) is 1. The molecule has 1 aliphatic carbocycles. The minimum atomic E-state index is -0.212. The van der Waals surface area contributed by atoms with Crippen LogP contribution < -0.4 is 10.5 Å². The van der Waals surface area contributed by atoms with Gasteiger partial charge in [0.1, 0.15) is 11.6 Å². The Morgan fingerprint density at radius 1 is 1.21 bits per heavy atom. The van der Waals surface area contributed by atoms with E-state index in [-0.39, 0.29) is 18.0 Å². The normalized spacial score (nSPS) is 18.9. The topological polar surface area (TPSA) is 35.2 Å². The van der Waals surface area contributed by atoms with Crippen LogP contribution in [0.15, 0.2) is 12.1 Å². The Hall–Kier alpha value is -1.09. The summed E-state index contributed by atoms with van der Waals surface area (Å²) in [7, 11) is 0. The van der Waals surface area contributed by atoms with Crippen molar-refractivity contribution in [2.24, 2.45) is 5.73 Å². The van der Waals surface area contributed by atoms with Crippen molar-refractivity contribution in [1.82, 2.24) is 0 Å². The van der Waals surface area contributed by atoms with E-state index >= 15 is 0 Å². The summed E-state index contributed by atoms with van der Waals surface area (Å²) in [6, 6.07) is 3.10. The highest BCUT2D eigenvalue weighted by atomic mass is 19.1. The average Bonchev–Trinajstić information content (AvgIpc) is 2.62. The van der Waals surface area contributed by atoms with Gasteiger partial charge in [-0.2, -0.15) is 0 Å². The molecule has 1 atom stereocenters. The molecule has 0 aromatic heterocycles. The number of hydrogen-bond acceptors (Lipinski definition) is 2. The van der Waals surface area contributed by atoms with Crippen LogP contribution in [0.2, 0.25) is 0 Å². The second kappa shape index (κ2) is 6.38. The van der Waals surface area contributed by atoms with Crippen LogP contribution in [0, 0.1) is 12.7 Å². The molecule has 2 nitrogen and oxygen atoms in total. The number of halogens is 1. The van der Waals surface area contributed by atoms with Crippen LogP contribution >= 0.6 is 0 Å². The molecule has 1 saturated carbocycles. The van der Waals surface area contributed by atoms with E-state index in [0.29, 0.717) is 5.56 Å². The van der Waals surface area contributed by atoms with Gasteiger partial charge in [-0.05, 0) is 57.2 Å². The summed E-state index contributed by atoms with van der Waals surface area (Å²) < 4.78 is 19.8. The molecule has 1 fully saturated rings. The zero-order valence-corrected chi connectivity index (χ0v) is 11.9. The highest BCUT2D eigenvalue weighted by Gasteiger charge is 2.18. The summed E-state index contributed by atoms with van der Waals surface area (Å²) in [5.41, 5.74) is 7.31. The van der Waals surface area contributed by atoms with Gasteiger partial charge in [0.25, 0.3) is 0 Å². The average molecular weight is 265 g/mol. The van der Waals surface area contributed by atoms with E-state index in [0.717, 1.165) is 24.2 Å². The summed E-state index contributed by atoms with van der Waals surface area (Å²) >= 11 is 0. The first-order valence-electron chi connectivity index (χ1n) is 7.30. The van der Waals surface area contributed by atoms with Crippen LogP contribution in [0.3, 0.4) is 0 Å². The van der Waals surface area contributed by atoms with Gasteiger partial charge < -0.3 is 10.5 Å². The lowest BCUT2D eigenvalue weighted by Gasteiger charge is -2.21. The molecule has 2 rings (SSSR count). The first kappa shape index (κ1) is 14.3. The van der Waals surface area contributed by atoms with Crippen LogP contribution in [0.4, 0.5) is 4.39 Å². The van der Waals surface area contributed by atoms with Crippen molar-refractivity contribution in [2.45, 2.75) is 64.5 Å². The van der Waals surface area contributed by atoms with E-state index in [2.05, 4.69) is 0 Å². The Kier molecular flexibility index (Phi) is 4.81. The zero-order chi connectivity index (χ0) is 13.8. The number of ether oxygens (including phenoxy) is 1. The molecule has 19 heavy (non-hydrogen) atoms. The molecule has 0 aliphatic heterocycles. The molecule has 1 aromatic rings. The molecule has 0 heterocycles. The van der Waals surface area contributed by atoms with E-state index in [1.54, 1.807) is 13.0 Å². The molecule has 0 radical (unpaired) electrons. The highest BCUT2D eigenvalue weighted by molar-refractivity contribution is 5.40. The number of benzene rings is 1. The third-order valence-corrected chi connectivity index (χ3v) is 3.88. The zero-order valence-electron chi connectivity index (χ0n) is 11.9. The molecule has 0 saturated heterocycles. The summed E-state index contributed by atoms with van der Waals surface area (Å²) in [6.07, 6.45) is 7.47. The van der Waals surface area contributed by atoms with Gasteiger partial charge in [-0.1, -0.05) is 12.8 Å². The fourth-order valence-electron chi connectivity index (χ4n) is 2.67. The summed E-state index contributed by atoms with van der Waals surface area (Å²) in [5.74, 6) is 0.557. The van der Waals surface area contributed by atoms with Crippen LogP contribution in [0.5, 0.6) is 5.75 Å². The standard InChI is InChI=1S/C16H24FNO/c1-11-9-16(14(12(2)18)10-15(11)17)19-13-7-5-3-4-6-8-13/h9-10,12-13H,3-8,18H2,1-2H3/t12-/m1/s1. The van der Waals surface area contributed by atoms with E-state index in [1.165, 1.54) is 31.7 Å². The Balaban J connectivity index is 2.20. The summed E-state index contributed by atoms with van der Waals surface area (Å²) in [4.78, 5) is 0. The van der Waals surface area contributed by atoms with Gasteiger partial charge in [0.2, 0.25) is 0 Å². The van der Waals surface area contributed by atoms with Crippen molar-refractivity contribution in [1.29, 1.82) is 0 Å². The van der Waals surface area contributed by atoms with Gasteiger partial charge in [0, 0.05) is 11.6 Å². The molecule has 0 spiro atoms. The van der Waals surface area contributed by atoms with Gasteiger partial charge in [0.05, 0.1) is 6.10 Å². The first-order valence-corrected chi connectivity index (χ1v) is 7.30. The number of hydrogen-bond donors (Lipinski definition) is 1. The first-order chi connectivity index (χ1) is 9.08. The predicted octanol–water partition coefficient (Wildman–Crippen LogP) is 4.26. The minimum Gasteiger partial charge on any atom is -0.490 e. The van der Waals surface area contributed by atoms with Crippen LogP contribution in [0.25, 0.3) is 0 Å². The quantitative estimate of drug-likeness (QED) is 0.829. The van der Waals surface area contributed by atoms with Gasteiger partial charge >= 0.3 is 0 Å². The van der Waals surface area contributed by atoms with Gasteiger partial charge in [0.15, 0.2) is 0 Å². The maximum atomic E-state index is 13.7. The van der Waals surface area contributed by atoms with Crippen LogP contribution in [-0.4, -0.2) is 6.10 Å². The molecular formula is C16H24FNO. The minimum absolute atomic E-state index is 0.208. The third-order valence-electron chi connectivity index (χ3n) is 3.88. The molecule has 2 N–H and O–H groups in total. The molecule has 106 valence electrons. The monoisotopic (exact) mass is 265 g/mol. The lowest BCUT2D eigenvalue weighted by Crippen LogP contribution is -2.18. The lowest BCUT2D eigenvalue weighted by atomic mass is 10.0. The molecule has 0 bridgehead atoms. The van der Waals surface area contributed by atoms with Crippen LogP contribution in [-0.2, 0) is 0 Å². The van der Waals surface area contributed by atoms with Crippen molar-refractivity contribution in [3.8, 4) is 5.75 Å². The van der Waals surface area contributed by atoms with Crippen molar-refractivity contribution >= 4 is 0 Å². The predicted molar refractivity (Wildman–Crippen MR) is 75.9 cm³/mol. The fourth-order valence-corrected chi connectivity index (χ4v) is 2.67. The lowest BCUT2D eigenvalue weighted by molar-refractivity contribution is 0.181. The second-order valence-corrected chi connectivity index (χ2v) is 5.66. The van der Waals surface area contributed by atoms with Crippen molar-refractivity contribution in [2.75, 3.05) is 0 Å². The summed E-state index contributed by atoms with van der Waals surface area (Å²) in [6.45, 7) is 3.63. The third kappa shape index (κ3) is 3.69. The Bertz CT molecular complexity index is 423. The maximum Gasteiger partial charge on any atom is 0.126 e. The molecule has 0 unspecified atom stereocenters. The van der Waals surface area contributed by atoms with Gasteiger partial charge in [-0.25, -0.2) is 4.39 Å². The fraction of sp³-hybridized carbons (Fsp3) is 0.625. The largest absolute Gasteiger partial charge is 0.490 e. The van der Waals surface area contributed by atoms with E-state index in [4.69, 9.17) is 10.5 Å². The Morgan fingerprint density at radius 3 is 2.42 bits per heavy atom. The van der Waals surface area contributed by atoms with Crippen LogP contribution in [0.1, 0.15) is 62.6 Å². The summed E-state index contributed by atoms with van der Waals surface area (Å²) in [5, 5.41) is 0. The molecular weight excluding hydrogens is 241 g/mol. The van der Waals surface area contributed by atoms with Crippen molar-refractivity contribution in [3.63, 3.8) is 0 Å². The van der Waals surface area contributed by atoms with E-state index < -0.39 is 0 Å². The maximum absolute atomic E-state index is 13.7. The van der Waals surface area contributed by atoms with E-state index in [1.807, 2.05) is 6.92 Å². The van der Waals surface area contributed by atoms with Gasteiger partial charge in [-0.3, -0.25) is 0 Å². The molecule has 1 aliphatic rings. The highest BCUT2D eigenvalue weighted by Crippen LogP contribution is 2.30. The molecule has 1 aromatic carbocycles. The molecule has 0 amide bonds. The van der Waals surface area contributed by atoms with E-state index in [9.17, 15) is 4.39 Å². The van der Waals surface area contributed by atoms with Gasteiger partial charge in [-0.15, -0.1) is 0 Å². The Morgan fingerprint density at radius 2 is 1.84 bits per heavy atom. The number of aryl methyl sites for hydroxylation is 1. The van der Waals surface area contributed by atoms with Crippen molar-refractivity contribution < 1.29 is 9.13 Å². The molecule has 3 heteroatoms. The Labute approximate surface area is 115 Å². The second-order valence-electron chi connectivity index (χ2n) is 5.66.